The van der Waals surface area contributed by atoms with Gasteiger partial charge in [-0.3, -0.25) is 15.5 Å². The minimum Gasteiger partial charge on any atom is -0.487 e. The maximum atomic E-state index is 13.4. The van der Waals surface area contributed by atoms with Gasteiger partial charge in [-0.25, -0.2) is 4.39 Å². The van der Waals surface area contributed by atoms with Crippen LogP contribution in [0.2, 0.25) is 0 Å². The van der Waals surface area contributed by atoms with Crippen molar-refractivity contribution in [2.45, 2.75) is 19.4 Å². The molecule has 17 heavy (non-hydrogen) atoms. The lowest BCUT2D eigenvalue weighted by atomic mass is 10.2. The number of ether oxygens (including phenoxy) is 1. The van der Waals surface area contributed by atoms with Crippen molar-refractivity contribution in [3.8, 4) is 5.75 Å². The van der Waals surface area contributed by atoms with Gasteiger partial charge in [0.05, 0.1) is 16.8 Å². The second-order valence-electron chi connectivity index (χ2n) is 3.53. The number of rotatable bonds is 5. The number of nitrogens with zero attached hydrogens (tertiary/aromatic N) is 1. The molecule has 0 saturated carbocycles. The molecule has 3 N–H and O–H groups in total. The normalized spacial score (nSPS) is 11.9. The number of nitrogens with one attached hydrogen (secondary N) is 1. The Labute approximate surface area is 96.8 Å². The summed E-state index contributed by atoms with van der Waals surface area (Å²) >= 11 is 0. The SMILES string of the molecule is CC(CC(=N)N)Oc1ccc([N+](=O)[O-])cc1F. The first-order valence-electron chi connectivity index (χ1n) is 4.83. The fraction of sp³-hybridized carbons (Fsp3) is 0.300. The van der Waals surface area contributed by atoms with Crippen LogP contribution in [0.5, 0.6) is 5.75 Å². The van der Waals surface area contributed by atoms with E-state index in [0.29, 0.717) is 0 Å². The summed E-state index contributed by atoms with van der Waals surface area (Å²) in [5.74, 6) is -0.973. The number of hydrogen-bond donors (Lipinski definition) is 2. The molecule has 0 radical (unpaired) electrons. The van der Waals surface area contributed by atoms with Crippen LogP contribution in [0, 0.1) is 21.3 Å². The third-order valence-corrected chi connectivity index (χ3v) is 1.96. The van der Waals surface area contributed by atoms with Crippen molar-refractivity contribution in [2.24, 2.45) is 5.73 Å². The van der Waals surface area contributed by atoms with E-state index in [1.807, 2.05) is 0 Å². The van der Waals surface area contributed by atoms with Crippen molar-refractivity contribution in [1.82, 2.24) is 0 Å². The second-order valence-corrected chi connectivity index (χ2v) is 3.53. The van der Waals surface area contributed by atoms with Crippen molar-refractivity contribution >= 4 is 11.5 Å². The van der Waals surface area contributed by atoms with Gasteiger partial charge >= 0.3 is 0 Å². The third-order valence-electron chi connectivity index (χ3n) is 1.96. The molecule has 0 aliphatic carbocycles. The van der Waals surface area contributed by atoms with Crippen molar-refractivity contribution < 1.29 is 14.1 Å². The van der Waals surface area contributed by atoms with Gasteiger partial charge in [-0.15, -0.1) is 0 Å². The van der Waals surface area contributed by atoms with Crippen LogP contribution in [-0.4, -0.2) is 16.9 Å². The molecule has 0 bridgehead atoms. The monoisotopic (exact) mass is 241 g/mol. The van der Waals surface area contributed by atoms with Gasteiger partial charge in [-0.05, 0) is 13.0 Å². The topological polar surface area (TPSA) is 102 Å². The van der Waals surface area contributed by atoms with Gasteiger partial charge in [-0.1, -0.05) is 0 Å². The van der Waals surface area contributed by atoms with Crippen LogP contribution in [0.4, 0.5) is 10.1 Å². The highest BCUT2D eigenvalue weighted by molar-refractivity contribution is 5.77. The smallest absolute Gasteiger partial charge is 0.272 e. The van der Waals surface area contributed by atoms with E-state index in [0.717, 1.165) is 12.1 Å². The van der Waals surface area contributed by atoms with E-state index in [1.54, 1.807) is 6.92 Å². The summed E-state index contributed by atoms with van der Waals surface area (Å²) in [7, 11) is 0. The Morgan fingerprint density at radius 3 is 2.82 bits per heavy atom. The first kappa shape index (κ1) is 12.9. The third kappa shape index (κ3) is 3.71. The van der Waals surface area contributed by atoms with Gasteiger partial charge < -0.3 is 10.5 Å². The van der Waals surface area contributed by atoms with Gasteiger partial charge in [0.15, 0.2) is 11.6 Å². The lowest BCUT2D eigenvalue weighted by Gasteiger charge is -2.14. The van der Waals surface area contributed by atoms with Crippen LogP contribution in [-0.2, 0) is 0 Å². The predicted molar refractivity (Wildman–Crippen MR) is 59.7 cm³/mol. The molecule has 1 atom stereocenters. The van der Waals surface area contributed by atoms with Crippen LogP contribution in [0.3, 0.4) is 0 Å². The summed E-state index contributed by atoms with van der Waals surface area (Å²) in [4.78, 5) is 9.70. The molecule has 1 rings (SSSR count). The number of non-ortho nitro benzene ring substituents is 1. The van der Waals surface area contributed by atoms with Crippen LogP contribution >= 0.6 is 0 Å². The molecule has 0 spiro atoms. The molecule has 92 valence electrons. The highest BCUT2D eigenvalue weighted by Crippen LogP contribution is 2.23. The zero-order valence-corrected chi connectivity index (χ0v) is 9.14. The fourth-order valence-corrected chi connectivity index (χ4v) is 1.27. The quantitative estimate of drug-likeness (QED) is 0.355. The Hall–Kier alpha value is -2.18. The summed E-state index contributed by atoms with van der Waals surface area (Å²) in [6, 6.07) is 3.12. The second kappa shape index (κ2) is 5.24. The molecule has 1 aromatic carbocycles. The summed E-state index contributed by atoms with van der Waals surface area (Å²) in [5.41, 5.74) is 4.83. The van der Waals surface area contributed by atoms with E-state index in [-0.39, 0.29) is 23.7 Å². The molecule has 1 aromatic rings. The Morgan fingerprint density at radius 2 is 2.35 bits per heavy atom. The fourth-order valence-electron chi connectivity index (χ4n) is 1.27. The Morgan fingerprint density at radius 1 is 1.71 bits per heavy atom. The largest absolute Gasteiger partial charge is 0.487 e. The molecule has 0 aliphatic rings. The summed E-state index contributed by atoms with van der Waals surface area (Å²) in [5, 5.41) is 17.4. The number of nitro groups is 1. The average molecular weight is 241 g/mol. The van der Waals surface area contributed by atoms with Crippen LogP contribution in [0.15, 0.2) is 18.2 Å². The van der Waals surface area contributed by atoms with E-state index < -0.39 is 16.8 Å². The molecule has 7 heteroatoms. The van der Waals surface area contributed by atoms with Crippen molar-refractivity contribution in [3.05, 3.63) is 34.1 Å². The summed E-state index contributed by atoms with van der Waals surface area (Å²) < 4.78 is 18.6. The van der Waals surface area contributed by atoms with Gasteiger partial charge in [0.1, 0.15) is 6.10 Å². The highest BCUT2D eigenvalue weighted by atomic mass is 19.1. The minimum atomic E-state index is -0.811. The Balaban J connectivity index is 2.79. The molecule has 0 amide bonds. The number of amidine groups is 1. The van der Waals surface area contributed by atoms with Crippen molar-refractivity contribution in [2.75, 3.05) is 0 Å². The van der Waals surface area contributed by atoms with Gasteiger partial charge in [-0.2, -0.15) is 0 Å². The van der Waals surface area contributed by atoms with E-state index in [9.17, 15) is 14.5 Å². The number of nitrogens with two attached hydrogens (primary N) is 1. The molecule has 1 unspecified atom stereocenters. The Kier molecular flexibility index (Phi) is 3.97. The van der Waals surface area contributed by atoms with Gasteiger partial charge in [0, 0.05) is 12.5 Å². The van der Waals surface area contributed by atoms with E-state index in [4.69, 9.17) is 15.9 Å². The first-order valence-corrected chi connectivity index (χ1v) is 4.83. The number of hydrogen-bond acceptors (Lipinski definition) is 4. The highest BCUT2D eigenvalue weighted by Gasteiger charge is 2.14. The lowest BCUT2D eigenvalue weighted by Crippen LogP contribution is -2.22. The molecule has 0 aliphatic heterocycles. The van der Waals surface area contributed by atoms with Crippen LogP contribution in [0.1, 0.15) is 13.3 Å². The zero-order chi connectivity index (χ0) is 13.0. The average Bonchev–Trinajstić information content (AvgIpc) is 2.19. The predicted octanol–water partition coefficient (Wildman–Crippen LogP) is 1.83. The van der Waals surface area contributed by atoms with E-state index >= 15 is 0 Å². The first-order chi connectivity index (χ1) is 7.90. The number of nitro benzene ring substituents is 1. The molecule has 0 aromatic heterocycles. The van der Waals surface area contributed by atoms with Gasteiger partial charge in [0.2, 0.25) is 0 Å². The minimum absolute atomic E-state index is 0.0696. The molecule has 0 fully saturated rings. The van der Waals surface area contributed by atoms with Gasteiger partial charge in [0.25, 0.3) is 5.69 Å². The summed E-state index contributed by atoms with van der Waals surface area (Å²) in [6.45, 7) is 1.63. The van der Waals surface area contributed by atoms with Crippen molar-refractivity contribution in [1.29, 1.82) is 5.41 Å². The summed E-state index contributed by atoms with van der Waals surface area (Å²) in [6.07, 6.45) is -0.306. The molecule has 6 nitrogen and oxygen atoms in total. The van der Waals surface area contributed by atoms with Crippen molar-refractivity contribution in [3.63, 3.8) is 0 Å². The number of halogens is 1. The maximum absolute atomic E-state index is 13.4. The molecular weight excluding hydrogens is 229 g/mol. The van der Waals surface area contributed by atoms with Crippen LogP contribution < -0.4 is 10.5 Å². The molecule has 0 saturated heterocycles. The molecule has 0 heterocycles. The zero-order valence-electron chi connectivity index (χ0n) is 9.14. The lowest BCUT2D eigenvalue weighted by molar-refractivity contribution is -0.385. The number of benzene rings is 1. The van der Waals surface area contributed by atoms with Crippen LogP contribution in [0.25, 0.3) is 0 Å². The standard InChI is InChI=1S/C10H12FN3O3/c1-6(4-10(12)13)17-9-3-2-7(14(15)16)5-8(9)11/h2-3,5-6H,4H2,1H3,(H3,12,13). The van der Waals surface area contributed by atoms with E-state index in [1.165, 1.54) is 6.07 Å². The van der Waals surface area contributed by atoms with E-state index in [2.05, 4.69) is 0 Å². The maximum Gasteiger partial charge on any atom is 0.272 e. The Bertz CT molecular complexity index is 450. The molecular formula is C10H12FN3O3.